The van der Waals surface area contributed by atoms with Gasteiger partial charge in [-0.25, -0.2) is 9.18 Å². The quantitative estimate of drug-likeness (QED) is 0.507. The number of rotatable bonds is 6. The molecular formula is C21H29FO6. The van der Waals surface area contributed by atoms with Crippen molar-refractivity contribution in [2.45, 2.75) is 89.2 Å². The molecule has 0 amide bonds. The molecule has 28 heavy (non-hydrogen) atoms. The molecule has 0 radical (unpaired) electrons. The second-order valence-electron chi connectivity index (χ2n) is 9.10. The molecule has 7 atom stereocenters. The second kappa shape index (κ2) is 6.70. The van der Waals surface area contributed by atoms with E-state index in [9.17, 15) is 18.8 Å². The van der Waals surface area contributed by atoms with E-state index >= 15 is 0 Å². The van der Waals surface area contributed by atoms with E-state index in [4.69, 9.17) is 14.2 Å². The van der Waals surface area contributed by atoms with Crippen LogP contribution in [0.4, 0.5) is 4.39 Å². The van der Waals surface area contributed by atoms with Crippen molar-refractivity contribution in [1.82, 2.24) is 0 Å². The van der Waals surface area contributed by atoms with Gasteiger partial charge >= 0.3 is 17.9 Å². The summed E-state index contributed by atoms with van der Waals surface area (Å²) in [7, 11) is 0. The molecule has 7 heteroatoms. The molecule has 3 saturated carbocycles. The van der Waals surface area contributed by atoms with E-state index in [1.807, 2.05) is 6.92 Å². The number of hydrogen-bond donors (Lipinski definition) is 0. The zero-order valence-corrected chi connectivity index (χ0v) is 16.7. The predicted molar refractivity (Wildman–Crippen MR) is 95.7 cm³/mol. The maximum absolute atomic E-state index is 14.4. The first kappa shape index (κ1) is 19.6. The van der Waals surface area contributed by atoms with E-state index in [0.29, 0.717) is 6.42 Å². The zero-order chi connectivity index (χ0) is 20.3. The molecule has 4 aliphatic rings. The Morgan fingerprint density at radius 1 is 1.25 bits per heavy atom. The molecule has 4 rings (SSSR count). The molecule has 0 aromatic carbocycles. The fourth-order valence-corrected chi connectivity index (χ4v) is 5.69. The first-order valence-corrected chi connectivity index (χ1v) is 10.6. The Bertz CT molecular complexity index is 682. The molecular weight excluding hydrogens is 367 g/mol. The third-order valence-electron chi connectivity index (χ3n) is 7.63. The van der Waals surface area contributed by atoms with Gasteiger partial charge in [-0.05, 0) is 51.9 Å². The maximum atomic E-state index is 14.4. The van der Waals surface area contributed by atoms with Gasteiger partial charge in [-0.1, -0.05) is 13.8 Å². The molecule has 3 aliphatic carbocycles. The molecule has 1 heterocycles. The molecule has 2 bridgehead atoms. The molecule has 1 saturated heterocycles. The first-order valence-electron chi connectivity index (χ1n) is 10.6. The fourth-order valence-electron chi connectivity index (χ4n) is 5.69. The van der Waals surface area contributed by atoms with E-state index in [1.54, 1.807) is 6.92 Å². The number of carbonyl (C=O) groups excluding carboxylic acids is 3. The minimum atomic E-state index is -2.10. The van der Waals surface area contributed by atoms with Crippen LogP contribution in [0.15, 0.2) is 0 Å². The summed E-state index contributed by atoms with van der Waals surface area (Å²) in [6.07, 6.45) is 3.67. The van der Waals surface area contributed by atoms with Gasteiger partial charge in [0.05, 0.1) is 11.8 Å². The van der Waals surface area contributed by atoms with E-state index in [2.05, 4.69) is 0 Å². The molecule has 4 fully saturated rings. The topological polar surface area (TPSA) is 78.9 Å². The summed E-state index contributed by atoms with van der Waals surface area (Å²) in [6.45, 7) is 4.76. The van der Waals surface area contributed by atoms with Crippen molar-refractivity contribution in [3.05, 3.63) is 0 Å². The fraction of sp³-hybridized carbons (Fsp3) is 0.857. The van der Waals surface area contributed by atoms with Crippen LogP contribution in [0.3, 0.4) is 0 Å². The van der Waals surface area contributed by atoms with E-state index in [1.165, 1.54) is 6.92 Å². The molecule has 0 spiro atoms. The zero-order valence-electron chi connectivity index (χ0n) is 16.7. The number of halogens is 1. The van der Waals surface area contributed by atoms with Crippen molar-refractivity contribution in [3.8, 4) is 0 Å². The highest BCUT2D eigenvalue weighted by Crippen LogP contribution is 2.59. The number of hydrogen-bond acceptors (Lipinski definition) is 6. The number of esters is 3. The summed E-state index contributed by atoms with van der Waals surface area (Å²) in [5, 5.41) is 0. The largest absolute Gasteiger partial charge is 0.459 e. The van der Waals surface area contributed by atoms with Crippen molar-refractivity contribution in [2.75, 3.05) is 0 Å². The molecule has 1 aliphatic heterocycles. The molecule has 0 aromatic heterocycles. The van der Waals surface area contributed by atoms with Gasteiger partial charge in [0.15, 0.2) is 0 Å². The van der Waals surface area contributed by atoms with E-state index in [0.717, 1.165) is 32.1 Å². The third kappa shape index (κ3) is 2.84. The molecule has 0 N–H and O–H groups in total. The van der Waals surface area contributed by atoms with Gasteiger partial charge in [0.2, 0.25) is 5.67 Å². The van der Waals surface area contributed by atoms with Gasteiger partial charge in [0.25, 0.3) is 0 Å². The number of ether oxygens (including phenoxy) is 3. The van der Waals surface area contributed by atoms with Crippen LogP contribution < -0.4 is 0 Å². The summed E-state index contributed by atoms with van der Waals surface area (Å²) in [5.41, 5.74) is -2.55. The van der Waals surface area contributed by atoms with Crippen LogP contribution in [0.2, 0.25) is 0 Å². The van der Waals surface area contributed by atoms with E-state index < -0.39 is 53.2 Å². The Balaban J connectivity index is 1.55. The second-order valence-corrected chi connectivity index (χ2v) is 9.10. The molecule has 0 aromatic rings. The van der Waals surface area contributed by atoms with Gasteiger partial charge in [0, 0.05) is 11.8 Å². The SMILES string of the molecule is CCC1(OC(=O)C2C3CC4C(OC(=O)C42)C3OC(=O)C(C)(F)CC)CCCC1. The van der Waals surface area contributed by atoms with Gasteiger partial charge in [-0.15, -0.1) is 0 Å². The minimum Gasteiger partial charge on any atom is -0.459 e. The molecule has 7 unspecified atom stereocenters. The molecule has 6 nitrogen and oxygen atoms in total. The Morgan fingerprint density at radius 3 is 2.54 bits per heavy atom. The lowest BCUT2D eigenvalue weighted by atomic mass is 9.78. The number of carbonyl (C=O) groups is 3. The maximum Gasteiger partial charge on any atom is 0.343 e. The van der Waals surface area contributed by atoms with Crippen molar-refractivity contribution < 1.29 is 33.0 Å². The molecule has 156 valence electrons. The summed E-state index contributed by atoms with van der Waals surface area (Å²) < 4.78 is 31.3. The van der Waals surface area contributed by atoms with Crippen LogP contribution in [0, 0.1) is 23.7 Å². The highest BCUT2D eigenvalue weighted by Gasteiger charge is 2.70. The summed E-state index contributed by atoms with van der Waals surface area (Å²) in [6, 6.07) is 0. The number of fused-ring (bicyclic) bond motifs is 1. The van der Waals surface area contributed by atoms with Crippen LogP contribution in [0.5, 0.6) is 0 Å². The summed E-state index contributed by atoms with van der Waals surface area (Å²) in [5.74, 6) is -3.50. The standard InChI is InChI=1S/C21H29FO6/c1-4-20(3,22)19(25)27-16-12-10-11-13(17(23)26-15(11)16)14(12)18(24)28-21(5-2)8-6-7-9-21/h11-16H,4-10H2,1-3H3. The van der Waals surface area contributed by atoms with Gasteiger partial charge in [-0.3, -0.25) is 9.59 Å². The van der Waals surface area contributed by atoms with Crippen LogP contribution >= 0.6 is 0 Å². The lowest BCUT2D eigenvalue weighted by Crippen LogP contribution is -2.47. The normalized spacial score (nSPS) is 39.5. The van der Waals surface area contributed by atoms with Crippen molar-refractivity contribution in [3.63, 3.8) is 0 Å². The van der Waals surface area contributed by atoms with Gasteiger partial charge in [-0.2, -0.15) is 0 Å². The Kier molecular flexibility index (Phi) is 4.70. The predicted octanol–water partition coefficient (Wildman–Crippen LogP) is 3.11. The highest BCUT2D eigenvalue weighted by atomic mass is 19.1. The monoisotopic (exact) mass is 396 g/mol. The number of alkyl halides is 1. The minimum absolute atomic E-state index is 0.00970. The van der Waals surface area contributed by atoms with Crippen molar-refractivity contribution >= 4 is 17.9 Å². The summed E-state index contributed by atoms with van der Waals surface area (Å²) >= 11 is 0. The van der Waals surface area contributed by atoms with E-state index in [-0.39, 0.29) is 18.3 Å². The van der Waals surface area contributed by atoms with Crippen LogP contribution in [0.1, 0.15) is 65.7 Å². The van der Waals surface area contributed by atoms with Gasteiger partial charge in [0.1, 0.15) is 17.8 Å². The van der Waals surface area contributed by atoms with Crippen LogP contribution in [0.25, 0.3) is 0 Å². The van der Waals surface area contributed by atoms with Crippen LogP contribution in [-0.4, -0.2) is 41.4 Å². The Hall–Kier alpha value is -1.66. The van der Waals surface area contributed by atoms with Crippen LogP contribution in [-0.2, 0) is 28.6 Å². The first-order chi connectivity index (χ1) is 13.2. The Morgan fingerprint density at radius 2 is 1.93 bits per heavy atom. The highest BCUT2D eigenvalue weighted by molar-refractivity contribution is 5.87. The smallest absolute Gasteiger partial charge is 0.343 e. The van der Waals surface area contributed by atoms with Crippen molar-refractivity contribution in [2.24, 2.45) is 23.7 Å². The average Bonchev–Trinajstić information content (AvgIpc) is 3.39. The third-order valence-corrected chi connectivity index (χ3v) is 7.63. The Labute approximate surface area is 164 Å². The van der Waals surface area contributed by atoms with Crippen molar-refractivity contribution in [1.29, 1.82) is 0 Å². The summed E-state index contributed by atoms with van der Waals surface area (Å²) in [4.78, 5) is 37.8. The van der Waals surface area contributed by atoms with Gasteiger partial charge < -0.3 is 14.2 Å². The lowest BCUT2D eigenvalue weighted by Gasteiger charge is -2.34. The lowest BCUT2D eigenvalue weighted by molar-refractivity contribution is -0.180. The average molecular weight is 396 g/mol.